The lowest BCUT2D eigenvalue weighted by molar-refractivity contribution is 0.0697. The number of benzene rings is 2. The third-order valence-electron chi connectivity index (χ3n) is 3.10. The van der Waals surface area contributed by atoms with E-state index < -0.39 is 5.97 Å². The van der Waals surface area contributed by atoms with E-state index in [1.54, 1.807) is 25.3 Å². The van der Waals surface area contributed by atoms with E-state index in [0.717, 1.165) is 11.3 Å². The maximum Gasteiger partial charge on any atom is 0.335 e. The van der Waals surface area contributed by atoms with Crippen LogP contribution in [0.15, 0.2) is 48.5 Å². The first-order valence-electron chi connectivity index (χ1n) is 6.28. The van der Waals surface area contributed by atoms with E-state index in [1.165, 1.54) is 0 Å². The molecule has 2 rings (SSSR count). The Morgan fingerprint density at radius 1 is 1.20 bits per heavy atom. The van der Waals surface area contributed by atoms with Crippen molar-refractivity contribution in [2.45, 2.75) is 6.54 Å². The minimum absolute atomic E-state index is 0.251. The molecule has 0 heterocycles. The maximum atomic E-state index is 11.1. The van der Waals surface area contributed by atoms with Crippen LogP contribution in [0.3, 0.4) is 0 Å². The molecule has 0 aliphatic heterocycles. The molecule has 0 amide bonds. The largest absolute Gasteiger partial charge is 0.495 e. The van der Waals surface area contributed by atoms with E-state index in [0.29, 0.717) is 12.3 Å². The van der Waals surface area contributed by atoms with Crippen LogP contribution < -0.4 is 9.64 Å². The predicted octanol–water partition coefficient (Wildman–Crippen LogP) is 3.03. The molecule has 0 bridgehead atoms. The minimum Gasteiger partial charge on any atom is -0.495 e. The number of carbonyl (C=O) groups is 1. The number of methoxy groups -OCH3 is 1. The smallest absolute Gasteiger partial charge is 0.335 e. The molecule has 0 unspecified atom stereocenters. The van der Waals surface area contributed by atoms with Crippen LogP contribution in [-0.2, 0) is 6.54 Å². The van der Waals surface area contributed by atoms with Gasteiger partial charge in [0.05, 0.1) is 18.4 Å². The lowest BCUT2D eigenvalue weighted by Crippen LogP contribution is -2.17. The standard InChI is InChI=1S/C16H17NO3/c1-17(11-12-6-4-3-5-7-12)14-10-13(16(18)19)8-9-15(14)20-2/h3-10H,11H2,1-2H3,(H,18,19). The zero-order chi connectivity index (χ0) is 14.5. The Kier molecular flexibility index (Phi) is 4.25. The molecular formula is C16H17NO3. The molecule has 0 aliphatic carbocycles. The first-order valence-corrected chi connectivity index (χ1v) is 6.28. The van der Waals surface area contributed by atoms with E-state index >= 15 is 0 Å². The van der Waals surface area contributed by atoms with Crippen molar-refractivity contribution in [2.24, 2.45) is 0 Å². The van der Waals surface area contributed by atoms with Crippen molar-refractivity contribution in [2.75, 3.05) is 19.1 Å². The van der Waals surface area contributed by atoms with Gasteiger partial charge in [-0.25, -0.2) is 4.79 Å². The highest BCUT2D eigenvalue weighted by molar-refractivity contribution is 5.89. The number of anilines is 1. The fraction of sp³-hybridized carbons (Fsp3) is 0.188. The van der Waals surface area contributed by atoms with Crippen LogP contribution in [0.1, 0.15) is 15.9 Å². The van der Waals surface area contributed by atoms with Gasteiger partial charge in [-0.05, 0) is 23.8 Å². The van der Waals surface area contributed by atoms with Gasteiger partial charge in [-0.2, -0.15) is 0 Å². The number of rotatable bonds is 5. The molecule has 2 aromatic rings. The van der Waals surface area contributed by atoms with Gasteiger partial charge in [-0.1, -0.05) is 30.3 Å². The minimum atomic E-state index is -0.943. The molecular weight excluding hydrogens is 254 g/mol. The van der Waals surface area contributed by atoms with Crippen LogP contribution >= 0.6 is 0 Å². The lowest BCUT2D eigenvalue weighted by Gasteiger charge is -2.22. The molecule has 0 saturated heterocycles. The van der Waals surface area contributed by atoms with E-state index in [-0.39, 0.29) is 5.56 Å². The molecule has 0 spiro atoms. The van der Waals surface area contributed by atoms with Gasteiger partial charge in [-0.15, -0.1) is 0 Å². The predicted molar refractivity (Wildman–Crippen MR) is 78.5 cm³/mol. The number of hydrogen-bond acceptors (Lipinski definition) is 3. The third-order valence-corrected chi connectivity index (χ3v) is 3.10. The average molecular weight is 271 g/mol. The first kappa shape index (κ1) is 13.9. The summed E-state index contributed by atoms with van der Waals surface area (Å²) in [5, 5.41) is 9.09. The Labute approximate surface area is 118 Å². The van der Waals surface area contributed by atoms with Gasteiger partial charge in [0.2, 0.25) is 0 Å². The molecule has 0 atom stereocenters. The van der Waals surface area contributed by atoms with Gasteiger partial charge in [0.15, 0.2) is 0 Å². The highest BCUT2D eigenvalue weighted by atomic mass is 16.5. The summed E-state index contributed by atoms with van der Waals surface area (Å²) in [7, 11) is 3.49. The van der Waals surface area contributed by atoms with Crippen LogP contribution in [0.5, 0.6) is 5.75 Å². The second-order valence-electron chi connectivity index (χ2n) is 4.53. The Morgan fingerprint density at radius 3 is 2.50 bits per heavy atom. The SMILES string of the molecule is COc1ccc(C(=O)O)cc1N(C)Cc1ccccc1. The van der Waals surface area contributed by atoms with Gasteiger partial charge in [0.25, 0.3) is 0 Å². The van der Waals surface area contributed by atoms with Crippen molar-refractivity contribution in [3.63, 3.8) is 0 Å². The number of nitrogens with zero attached hydrogens (tertiary/aromatic N) is 1. The Morgan fingerprint density at radius 2 is 1.90 bits per heavy atom. The van der Waals surface area contributed by atoms with E-state index in [2.05, 4.69) is 0 Å². The second-order valence-corrected chi connectivity index (χ2v) is 4.53. The topological polar surface area (TPSA) is 49.8 Å². The number of aromatic carboxylic acids is 1. The first-order chi connectivity index (χ1) is 9.61. The highest BCUT2D eigenvalue weighted by Gasteiger charge is 2.12. The van der Waals surface area contributed by atoms with Crippen molar-refractivity contribution in [3.8, 4) is 5.75 Å². The summed E-state index contributed by atoms with van der Waals surface area (Å²) in [6.07, 6.45) is 0. The molecule has 0 radical (unpaired) electrons. The van der Waals surface area contributed by atoms with E-state index in [4.69, 9.17) is 9.84 Å². The maximum absolute atomic E-state index is 11.1. The average Bonchev–Trinajstić information content (AvgIpc) is 2.47. The van der Waals surface area contributed by atoms with Gasteiger partial charge in [0, 0.05) is 13.6 Å². The molecule has 4 nitrogen and oxygen atoms in total. The molecule has 0 aromatic heterocycles. The van der Waals surface area contributed by atoms with Crippen molar-refractivity contribution < 1.29 is 14.6 Å². The summed E-state index contributed by atoms with van der Waals surface area (Å²) in [6, 6.07) is 14.8. The van der Waals surface area contributed by atoms with Gasteiger partial charge < -0.3 is 14.7 Å². The summed E-state index contributed by atoms with van der Waals surface area (Å²) >= 11 is 0. The summed E-state index contributed by atoms with van der Waals surface area (Å²) in [6.45, 7) is 0.681. The number of carboxylic acid groups (broad SMARTS) is 1. The van der Waals surface area contributed by atoms with Crippen LogP contribution in [0.25, 0.3) is 0 Å². The van der Waals surface area contributed by atoms with Crippen molar-refractivity contribution >= 4 is 11.7 Å². The van der Waals surface area contributed by atoms with Crippen LogP contribution in [-0.4, -0.2) is 25.2 Å². The third kappa shape index (κ3) is 3.09. The quantitative estimate of drug-likeness (QED) is 0.908. The van der Waals surface area contributed by atoms with E-state index in [9.17, 15) is 4.79 Å². The summed E-state index contributed by atoms with van der Waals surface area (Å²) in [5.41, 5.74) is 2.16. The Bertz CT molecular complexity index is 596. The highest BCUT2D eigenvalue weighted by Crippen LogP contribution is 2.29. The molecule has 0 fully saturated rings. The summed E-state index contributed by atoms with van der Waals surface area (Å²) in [5.74, 6) is -0.282. The fourth-order valence-electron chi connectivity index (χ4n) is 2.06. The number of ether oxygens (including phenoxy) is 1. The van der Waals surface area contributed by atoms with Crippen molar-refractivity contribution in [1.82, 2.24) is 0 Å². The molecule has 2 aromatic carbocycles. The lowest BCUT2D eigenvalue weighted by atomic mass is 10.1. The van der Waals surface area contributed by atoms with E-state index in [1.807, 2.05) is 42.3 Å². The van der Waals surface area contributed by atoms with Crippen molar-refractivity contribution in [1.29, 1.82) is 0 Å². The molecule has 104 valence electrons. The van der Waals surface area contributed by atoms with Crippen LogP contribution in [0.2, 0.25) is 0 Å². The molecule has 20 heavy (non-hydrogen) atoms. The van der Waals surface area contributed by atoms with Gasteiger partial charge in [0.1, 0.15) is 5.75 Å². The zero-order valence-electron chi connectivity index (χ0n) is 11.5. The zero-order valence-corrected chi connectivity index (χ0v) is 11.5. The van der Waals surface area contributed by atoms with Gasteiger partial charge in [-0.3, -0.25) is 0 Å². The molecule has 1 N–H and O–H groups in total. The molecule has 4 heteroatoms. The second kappa shape index (κ2) is 6.10. The summed E-state index contributed by atoms with van der Waals surface area (Å²) in [4.78, 5) is 13.0. The monoisotopic (exact) mass is 271 g/mol. The van der Waals surface area contributed by atoms with Crippen LogP contribution in [0.4, 0.5) is 5.69 Å². The Balaban J connectivity index is 2.30. The normalized spacial score (nSPS) is 10.1. The number of carboxylic acids is 1. The van der Waals surface area contributed by atoms with Gasteiger partial charge >= 0.3 is 5.97 Å². The van der Waals surface area contributed by atoms with Crippen molar-refractivity contribution in [3.05, 3.63) is 59.7 Å². The fourth-order valence-corrected chi connectivity index (χ4v) is 2.06. The molecule has 0 aliphatic rings. The number of hydrogen-bond donors (Lipinski definition) is 1. The molecule has 0 saturated carbocycles. The van der Waals surface area contributed by atoms with Crippen LogP contribution in [0, 0.1) is 0 Å². The summed E-state index contributed by atoms with van der Waals surface area (Å²) < 4.78 is 5.30. The Hall–Kier alpha value is -2.49.